The van der Waals surface area contributed by atoms with E-state index < -0.39 is 5.82 Å². The van der Waals surface area contributed by atoms with Crippen molar-refractivity contribution in [2.45, 2.75) is 18.9 Å². The predicted octanol–water partition coefficient (Wildman–Crippen LogP) is 4.27. The second-order valence-electron chi connectivity index (χ2n) is 7.66. The molecule has 1 aromatic carbocycles. The molecule has 1 fully saturated rings. The number of anilines is 2. The quantitative estimate of drug-likeness (QED) is 0.438. The topological polar surface area (TPSA) is 98.8 Å². The highest BCUT2D eigenvalue weighted by molar-refractivity contribution is 5.91. The maximum absolute atomic E-state index is 14.4. The Hall–Kier alpha value is -4.01. The number of carbonyl (C=O) groups excluding carboxylic acids is 1. The van der Waals surface area contributed by atoms with Crippen LogP contribution >= 0.6 is 0 Å². The molecule has 1 saturated heterocycles. The third kappa shape index (κ3) is 3.96. The minimum absolute atomic E-state index is 0.0613. The zero-order chi connectivity index (χ0) is 21.9. The summed E-state index contributed by atoms with van der Waals surface area (Å²) in [6.45, 7) is 1.05. The molecule has 162 valence electrons. The number of nitrogens with one attached hydrogen (secondary N) is 3. The molecule has 1 aliphatic heterocycles. The number of rotatable bonds is 5. The van der Waals surface area contributed by atoms with Crippen LogP contribution in [-0.2, 0) is 0 Å². The normalized spacial score (nSPS) is 15.8. The van der Waals surface area contributed by atoms with E-state index in [9.17, 15) is 9.18 Å². The largest absolute Gasteiger partial charge is 0.365 e. The van der Waals surface area contributed by atoms with Crippen LogP contribution in [0.4, 0.5) is 20.7 Å². The second-order valence-corrected chi connectivity index (χ2v) is 7.66. The first-order valence-corrected chi connectivity index (χ1v) is 10.5. The van der Waals surface area contributed by atoms with Crippen molar-refractivity contribution in [2.75, 3.05) is 23.7 Å². The van der Waals surface area contributed by atoms with Crippen LogP contribution in [0.3, 0.4) is 0 Å². The molecular weight excluding hydrogens is 409 g/mol. The Balaban J connectivity index is 1.30. The number of hydrogen-bond donors (Lipinski definition) is 3. The van der Waals surface area contributed by atoms with E-state index in [-0.39, 0.29) is 17.9 Å². The van der Waals surface area contributed by atoms with Crippen LogP contribution in [0.15, 0.2) is 61.1 Å². The number of para-hydroxylation sites is 1. The average molecular weight is 431 g/mol. The number of likely N-dealkylation sites (tertiary alicyclic amines) is 1. The summed E-state index contributed by atoms with van der Waals surface area (Å²) in [5.41, 5.74) is 2.22. The first-order valence-electron chi connectivity index (χ1n) is 10.5. The lowest BCUT2D eigenvalue weighted by molar-refractivity contribution is 0.208. The van der Waals surface area contributed by atoms with Gasteiger partial charge in [-0.05, 0) is 37.1 Å². The van der Waals surface area contributed by atoms with Crippen LogP contribution in [0.5, 0.6) is 0 Å². The van der Waals surface area contributed by atoms with Gasteiger partial charge in [0.05, 0.1) is 12.2 Å². The van der Waals surface area contributed by atoms with E-state index in [0.29, 0.717) is 18.9 Å². The highest BCUT2D eigenvalue weighted by Crippen LogP contribution is 2.26. The van der Waals surface area contributed by atoms with Gasteiger partial charge in [-0.3, -0.25) is 0 Å². The summed E-state index contributed by atoms with van der Waals surface area (Å²) in [6.07, 6.45) is 6.36. The number of urea groups is 1. The third-order valence-corrected chi connectivity index (χ3v) is 5.60. The Bertz CT molecular complexity index is 1240. The molecule has 4 heterocycles. The fraction of sp³-hybridized carbons (Fsp3) is 0.217. The van der Waals surface area contributed by atoms with Gasteiger partial charge in [-0.15, -0.1) is 0 Å². The number of pyridine rings is 1. The molecule has 0 unspecified atom stereocenters. The van der Waals surface area contributed by atoms with Gasteiger partial charge in [-0.25, -0.2) is 24.1 Å². The van der Waals surface area contributed by atoms with Gasteiger partial charge in [0.1, 0.15) is 5.65 Å². The molecule has 0 saturated carbocycles. The minimum atomic E-state index is -0.537. The van der Waals surface area contributed by atoms with Crippen LogP contribution in [-0.4, -0.2) is 50.0 Å². The fourth-order valence-corrected chi connectivity index (χ4v) is 4.01. The molecule has 3 N–H and O–H groups in total. The van der Waals surface area contributed by atoms with E-state index in [1.165, 1.54) is 0 Å². The lowest BCUT2D eigenvalue weighted by Gasteiger charge is -2.25. The predicted molar refractivity (Wildman–Crippen MR) is 121 cm³/mol. The first-order chi connectivity index (χ1) is 15.7. The molecule has 0 bridgehead atoms. The number of amides is 2. The van der Waals surface area contributed by atoms with Crippen LogP contribution in [0, 0.1) is 5.82 Å². The third-order valence-electron chi connectivity index (χ3n) is 5.60. The molecule has 2 amide bonds. The van der Waals surface area contributed by atoms with E-state index in [1.807, 2.05) is 42.5 Å². The maximum atomic E-state index is 14.4. The highest BCUT2D eigenvalue weighted by atomic mass is 19.1. The summed E-state index contributed by atoms with van der Waals surface area (Å²) in [6, 6.07) is 12.9. The first kappa shape index (κ1) is 19.9. The van der Waals surface area contributed by atoms with Crippen molar-refractivity contribution in [1.29, 1.82) is 0 Å². The Morgan fingerprint density at radius 1 is 1.19 bits per heavy atom. The number of nitrogens with zero attached hydrogens (tertiary/aromatic N) is 4. The number of H-pyrrole nitrogens is 1. The summed E-state index contributed by atoms with van der Waals surface area (Å²) in [5, 5.41) is 6.86. The van der Waals surface area contributed by atoms with Gasteiger partial charge in [-0.2, -0.15) is 0 Å². The van der Waals surface area contributed by atoms with Crippen LogP contribution < -0.4 is 10.6 Å². The smallest absolute Gasteiger partial charge is 0.322 e. The fourth-order valence-electron chi connectivity index (χ4n) is 4.01. The van der Waals surface area contributed by atoms with Gasteiger partial charge in [0.15, 0.2) is 17.5 Å². The lowest BCUT2D eigenvalue weighted by Crippen LogP contribution is -2.42. The van der Waals surface area contributed by atoms with E-state index >= 15 is 0 Å². The zero-order valence-electron chi connectivity index (χ0n) is 17.3. The summed E-state index contributed by atoms with van der Waals surface area (Å²) in [4.78, 5) is 30.4. The number of carbonyl (C=O) groups is 1. The van der Waals surface area contributed by atoms with Crippen molar-refractivity contribution < 1.29 is 9.18 Å². The molecule has 0 spiro atoms. The molecule has 9 heteroatoms. The van der Waals surface area contributed by atoms with Gasteiger partial charge in [0.2, 0.25) is 0 Å². The molecule has 3 aromatic heterocycles. The lowest BCUT2D eigenvalue weighted by atomic mass is 10.2. The molecule has 8 nitrogen and oxygen atoms in total. The van der Waals surface area contributed by atoms with Crippen molar-refractivity contribution in [2.24, 2.45) is 0 Å². The molecule has 32 heavy (non-hydrogen) atoms. The van der Waals surface area contributed by atoms with Crippen molar-refractivity contribution in [3.8, 4) is 11.4 Å². The van der Waals surface area contributed by atoms with E-state index in [0.717, 1.165) is 41.3 Å². The van der Waals surface area contributed by atoms with E-state index in [4.69, 9.17) is 0 Å². The van der Waals surface area contributed by atoms with Gasteiger partial charge < -0.3 is 20.5 Å². The number of aromatic amines is 1. The molecule has 1 atom stereocenters. The number of benzene rings is 1. The van der Waals surface area contributed by atoms with Gasteiger partial charge >= 0.3 is 6.03 Å². The maximum Gasteiger partial charge on any atom is 0.322 e. The van der Waals surface area contributed by atoms with Crippen LogP contribution in [0.25, 0.3) is 22.4 Å². The van der Waals surface area contributed by atoms with Gasteiger partial charge in [0, 0.05) is 42.1 Å². The monoisotopic (exact) mass is 431 g/mol. The van der Waals surface area contributed by atoms with Crippen molar-refractivity contribution in [3.63, 3.8) is 0 Å². The molecule has 5 rings (SSSR count). The zero-order valence-corrected chi connectivity index (χ0v) is 17.3. The molecule has 1 aliphatic rings. The Labute approximate surface area is 183 Å². The highest BCUT2D eigenvalue weighted by Gasteiger charge is 2.29. The van der Waals surface area contributed by atoms with E-state index in [2.05, 4.69) is 30.6 Å². The molecule has 0 aliphatic carbocycles. The minimum Gasteiger partial charge on any atom is -0.365 e. The number of halogens is 1. The number of hydrogen-bond acceptors (Lipinski definition) is 5. The molecule has 4 aromatic rings. The SMILES string of the molecule is O=C(Nc1ccccc1)N1CCC[C@@H]1CNc1nc(-c2c[nH]c3ncccc23)ncc1F. The second kappa shape index (κ2) is 8.62. The molecular formula is C23H22FN7O. The Morgan fingerprint density at radius 3 is 2.94 bits per heavy atom. The summed E-state index contributed by atoms with van der Waals surface area (Å²) >= 11 is 0. The number of fused-ring (bicyclic) bond motifs is 1. The Kier molecular flexibility index (Phi) is 5.37. The van der Waals surface area contributed by atoms with Crippen LogP contribution in [0.2, 0.25) is 0 Å². The summed E-state index contributed by atoms with van der Waals surface area (Å²) < 4.78 is 14.4. The molecule has 0 radical (unpaired) electrons. The average Bonchev–Trinajstić information content (AvgIpc) is 3.46. The number of aromatic nitrogens is 4. The van der Waals surface area contributed by atoms with Gasteiger partial charge in [-0.1, -0.05) is 18.2 Å². The van der Waals surface area contributed by atoms with Crippen LogP contribution in [0.1, 0.15) is 12.8 Å². The van der Waals surface area contributed by atoms with Crippen molar-refractivity contribution >= 4 is 28.6 Å². The standard InChI is InChI=1S/C23H22FN7O/c24-19-14-28-21(18-13-27-20-17(18)9-4-10-25-20)30-22(19)26-12-16-8-5-11-31(16)23(32)29-15-6-2-1-3-7-15/h1-4,6-7,9-10,13-14,16H,5,8,11-12H2,(H,25,27)(H,29,32)(H,26,28,30)/t16-/m1/s1. The summed E-state index contributed by atoms with van der Waals surface area (Å²) in [5.74, 6) is -0.0215. The van der Waals surface area contributed by atoms with Crippen molar-refractivity contribution in [1.82, 2.24) is 24.8 Å². The van der Waals surface area contributed by atoms with Gasteiger partial charge in [0.25, 0.3) is 0 Å². The summed E-state index contributed by atoms with van der Waals surface area (Å²) in [7, 11) is 0. The Morgan fingerprint density at radius 2 is 2.06 bits per heavy atom. The van der Waals surface area contributed by atoms with Crippen molar-refractivity contribution in [3.05, 3.63) is 66.9 Å². The van der Waals surface area contributed by atoms with E-state index in [1.54, 1.807) is 17.3 Å².